The fourth-order valence-electron chi connectivity index (χ4n) is 8.38. The van der Waals surface area contributed by atoms with E-state index in [0.29, 0.717) is 24.1 Å². The number of phosphoric acid groups is 1. The molecule has 8 nitrogen and oxygen atoms in total. The van der Waals surface area contributed by atoms with Crippen LogP contribution in [0.25, 0.3) is 0 Å². The largest absolute Gasteiger partial charge is 0.472 e. The summed E-state index contributed by atoms with van der Waals surface area (Å²) in [4.78, 5) is 23.0. The quantitative estimate of drug-likeness (QED) is 0.0281. The molecule has 63 heavy (non-hydrogen) atoms. The lowest BCUT2D eigenvalue weighted by Crippen LogP contribution is -2.37. The third-order valence-corrected chi connectivity index (χ3v) is 13.7. The maximum absolute atomic E-state index is 12.8. The Bertz CT molecular complexity index is 976. The second-order valence-corrected chi connectivity index (χ2v) is 21.8. The highest BCUT2D eigenvalue weighted by atomic mass is 31.2. The molecule has 0 fully saturated rings. The number of nitrogens with zero attached hydrogens (tertiary/aromatic N) is 1. The van der Waals surface area contributed by atoms with Gasteiger partial charge < -0.3 is 18.9 Å². The molecule has 2 atom stereocenters. The minimum atomic E-state index is -4.27. The van der Waals surface area contributed by atoms with Crippen LogP contribution in [0.15, 0.2) is 0 Å². The summed E-state index contributed by atoms with van der Waals surface area (Å²) < 4.78 is 35.2. The summed E-state index contributed by atoms with van der Waals surface area (Å²) in [6, 6.07) is 0. The first-order valence-corrected chi connectivity index (χ1v) is 29.3. The Morgan fingerprint density at radius 1 is 0.429 bits per heavy atom. The first-order chi connectivity index (χ1) is 30.6. The van der Waals surface area contributed by atoms with Crippen molar-refractivity contribution in [2.75, 3.05) is 54.1 Å². The summed E-state index contributed by atoms with van der Waals surface area (Å²) >= 11 is 0. The van der Waals surface area contributed by atoms with Crippen molar-refractivity contribution in [3.05, 3.63) is 0 Å². The van der Waals surface area contributed by atoms with Gasteiger partial charge in [0.1, 0.15) is 19.3 Å². The predicted molar refractivity (Wildman–Crippen MR) is 271 cm³/mol. The summed E-state index contributed by atoms with van der Waals surface area (Å²) in [7, 11) is 1.69. The molecule has 0 aromatic heterocycles. The Morgan fingerprint density at radius 2 is 0.730 bits per heavy atom. The van der Waals surface area contributed by atoms with E-state index in [1.54, 1.807) is 0 Å². The lowest BCUT2D eigenvalue weighted by atomic mass is 10.0. The molecule has 0 saturated carbocycles. The fourth-order valence-corrected chi connectivity index (χ4v) is 9.12. The molecule has 0 saturated heterocycles. The van der Waals surface area contributed by atoms with Gasteiger partial charge in [-0.1, -0.05) is 264 Å². The zero-order valence-electron chi connectivity index (χ0n) is 43.1. The Labute approximate surface area is 393 Å². The van der Waals surface area contributed by atoms with E-state index < -0.39 is 13.9 Å². The fraction of sp³-hybridized carbons (Fsp3) is 0.981. The molecular formula is C54H111NO7P+. The standard InChI is InChI=1S/C54H110NO7P/c1-6-8-10-12-14-16-18-20-22-24-25-26-27-28-29-30-31-32-34-36-38-40-42-44-46-49-59-51-53(52-61-63(57,58)60-50-48-55(3,4)5)62-54(56)47-45-43-41-39-37-35-33-23-21-19-17-15-13-11-9-7-2/h53H,6-52H2,1-5H3/p+1. The molecule has 0 aliphatic carbocycles. The van der Waals surface area contributed by atoms with Crippen molar-refractivity contribution in [2.45, 2.75) is 290 Å². The van der Waals surface area contributed by atoms with Crippen LogP contribution in [-0.2, 0) is 27.9 Å². The monoisotopic (exact) mass is 917 g/mol. The third-order valence-electron chi connectivity index (χ3n) is 12.7. The van der Waals surface area contributed by atoms with E-state index in [1.165, 1.54) is 231 Å². The number of ether oxygens (including phenoxy) is 2. The predicted octanol–water partition coefficient (Wildman–Crippen LogP) is 17.2. The molecule has 0 bridgehead atoms. The van der Waals surface area contributed by atoms with Gasteiger partial charge in [0.05, 0.1) is 34.4 Å². The van der Waals surface area contributed by atoms with E-state index in [9.17, 15) is 14.3 Å². The second-order valence-electron chi connectivity index (χ2n) is 20.3. The second kappa shape index (κ2) is 48.0. The molecule has 9 heteroatoms. The van der Waals surface area contributed by atoms with Gasteiger partial charge in [-0.15, -0.1) is 0 Å². The van der Waals surface area contributed by atoms with Crippen molar-refractivity contribution in [3.63, 3.8) is 0 Å². The smallest absolute Gasteiger partial charge is 0.457 e. The molecule has 0 heterocycles. The van der Waals surface area contributed by atoms with Gasteiger partial charge in [0, 0.05) is 13.0 Å². The summed E-state index contributed by atoms with van der Waals surface area (Å²) in [5.41, 5.74) is 0. The number of quaternary nitrogens is 1. The van der Waals surface area contributed by atoms with Gasteiger partial charge in [-0.3, -0.25) is 13.8 Å². The van der Waals surface area contributed by atoms with Crippen molar-refractivity contribution in [1.82, 2.24) is 0 Å². The zero-order chi connectivity index (χ0) is 46.2. The lowest BCUT2D eigenvalue weighted by molar-refractivity contribution is -0.870. The molecule has 0 aliphatic rings. The van der Waals surface area contributed by atoms with Crippen LogP contribution in [-0.4, -0.2) is 75.6 Å². The van der Waals surface area contributed by atoms with Crippen LogP contribution in [0.4, 0.5) is 0 Å². The Kier molecular flexibility index (Phi) is 47.6. The SMILES string of the molecule is CCCCCCCCCCCCCCCCCCCCCCCCCCCOCC(COP(=O)(O)OCC[N+](C)(C)C)OC(=O)CCCCCCCCCCCCCCCCCC. The summed E-state index contributed by atoms with van der Waals surface area (Å²) in [6.07, 6.45) is 54.5. The van der Waals surface area contributed by atoms with Crippen molar-refractivity contribution < 1.29 is 37.3 Å². The van der Waals surface area contributed by atoms with E-state index in [-0.39, 0.29) is 25.8 Å². The van der Waals surface area contributed by atoms with Crippen molar-refractivity contribution >= 4 is 13.8 Å². The number of hydrogen-bond acceptors (Lipinski definition) is 6. The van der Waals surface area contributed by atoms with E-state index in [1.807, 2.05) is 21.1 Å². The summed E-state index contributed by atoms with van der Waals surface area (Å²) in [5, 5.41) is 0. The molecule has 2 unspecified atom stereocenters. The Hall–Kier alpha value is -0.500. The molecule has 1 N–H and O–H groups in total. The van der Waals surface area contributed by atoms with E-state index >= 15 is 0 Å². The highest BCUT2D eigenvalue weighted by molar-refractivity contribution is 7.47. The van der Waals surface area contributed by atoms with Crippen LogP contribution in [0.1, 0.15) is 284 Å². The van der Waals surface area contributed by atoms with Gasteiger partial charge in [-0.2, -0.15) is 0 Å². The molecule has 0 spiro atoms. The van der Waals surface area contributed by atoms with E-state index in [4.69, 9.17) is 18.5 Å². The van der Waals surface area contributed by atoms with Crippen LogP contribution in [0, 0.1) is 0 Å². The average molecular weight is 917 g/mol. The van der Waals surface area contributed by atoms with E-state index in [0.717, 1.165) is 32.1 Å². The normalized spacial score (nSPS) is 13.4. The Balaban J connectivity index is 3.99. The molecule has 0 rings (SSSR count). The first kappa shape index (κ1) is 62.5. The highest BCUT2D eigenvalue weighted by Gasteiger charge is 2.26. The van der Waals surface area contributed by atoms with Gasteiger partial charge in [0.15, 0.2) is 0 Å². The average Bonchev–Trinajstić information content (AvgIpc) is 3.24. The highest BCUT2D eigenvalue weighted by Crippen LogP contribution is 2.43. The van der Waals surface area contributed by atoms with Crippen LogP contribution in [0.2, 0.25) is 0 Å². The van der Waals surface area contributed by atoms with Crippen LogP contribution >= 0.6 is 7.82 Å². The lowest BCUT2D eigenvalue weighted by Gasteiger charge is -2.24. The minimum Gasteiger partial charge on any atom is -0.457 e. The number of phosphoric ester groups is 1. The number of rotatable bonds is 53. The Morgan fingerprint density at radius 3 is 1.05 bits per heavy atom. The zero-order valence-corrected chi connectivity index (χ0v) is 44.0. The van der Waals surface area contributed by atoms with Crippen LogP contribution in [0.3, 0.4) is 0 Å². The first-order valence-electron chi connectivity index (χ1n) is 27.8. The number of hydrogen-bond donors (Lipinski definition) is 1. The molecule has 0 amide bonds. The van der Waals surface area contributed by atoms with Crippen molar-refractivity contribution in [2.24, 2.45) is 0 Å². The van der Waals surface area contributed by atoms with Crippen molar-refractivity contribution in [1.29, 1.82) is 0 Å². The van der Waals surface area contributed by atoms with Gasteiger partial charge in [0.25, 0.3) is 0 Å². The molecule has 0 aliphatic heterocycles. The van der Waals surface area contributed by atoms with E-state index in [2.05, 4.69) is 13.8 Å². The molecular weight excluding hydrogens is 806 g/mol. The third kappa shape index (κ3) is 52.3. The van der Waals surface area contributed by atoms with Crippen LogP contribution in [0.5, 0.6) is 0 Å². The van der Waals surface area contributed by atoms with Gasteiger partial charge in [-0.05, 0) is 12.8 Å². The number of carbonyl (C=O) groups is 1. The maximum atomic E-state index is 12.8. The molecule has 0 radical (unpaired) electrons. The van der Waals surface area contributed by atoms with Gasteiger partial charge in [0.2, 0.25) is 0 Å². The number of unbranched alkanes of at least 4 members (excludes halogenated alkanes) is 39. The topological polar surface area (TPSA) is 91.3 Å². The van der Waals surface area contributed by atoms with Gasteiger partial charge >= 0.3 is 13.8 Å². The molecule has 0 aromatic rings. The number of carbonyl (C=O) groups excluding carboxylic acids is 1. The molecule has 0 aromatic carbocycles. The van der Waals surface area contributed by atoms with Crippen LogP contribution < -0.4 is 0 Å². The van der Waals surface area contributed by atoms with Gasteiger partial charge in [-0.25, -0.2) is 4.57 Å². The maximum Gasteiger partial charge on any atom is 0.472 e. The molecule has 378 valence electrons. The number of likely N-dealkylation sites (N-methyl/N-ethyl adjacent to an activating group) is 1. The number of esters is 1. The van der Waals surface area contributed by atoms with Crippen molar-refractivity contribution in [3.8, 4) is 0 Å². The summed E-state index contributed by atoms with van der Waals surface area (Å²) in [5.74, 6) is -0.304. The summed E-state index contributed by atoms with van der Waals surface area (Å²) in [6.45, 7) is 5.71. The minimum absolute atomic E-state index is 0.0943.